The monoisotopic (exact) mass is 518 g/mol. The zero-order valence-corrected chi connectivity index (χ0v) is 21.1. The van der Waals surface area contributed by atoms with Crippen LogP contribution in [-0.2, 0) is 13.1 Å². The zero-order chi connectivity index (χ0) is 26.4. The minimum absolute atomic E-state index is 0.174. The van der Waals surface area contributed by atoms with E-state index in [1.54, 1.807) is 37.0 Å². The number of aromatic nitrogens is 3. The van der Waals surface area contributed by atoms with E-state index >= 15 is 0 Å². The Morgan fingerprint density at radius 2 is 1.92 bits per heavy atom. The molecule has 1 aromatic carbocycles. The number of carboxylic acid groups (broad SMARTS) is 1. The highest BCUT2D eigenvalue weighted by Crippen LogP contribution is 2.36. The number of aromatic carboxylic acids is 1. The number of halogens is 1. The van der Waals surface area contributed by atoms with Gasteiger partial charge in [0.25, 0.3) is 0 Å². The third-order valence-electron chi connectivity index (χ3n) is 6.31. The maximum Gasteiger partial charge on any atom is 0.341 e. The molecule has 5 rings (SSSR count). The lowest BCUT2D eigenvalue weighted by molar-refractivity contribution is 0.0695. The SMILES string of the molecule is Cc1cc(NC(=O)N(C)C)ncc1-n1cc(C(=O)O)c(=O)c2cc(Cl)c(N3Cc4cccnc4C3)cc21. The summed E-state index contributed by atoms with van der Waals surface area (Å²) in [6.45, 7) is 2.97. The number of hydrogen-bond donors (Lipinski definition) is 2. The Bertz CT molecular complexity index is 1620. The molecule has 1 aliphatic heterocycles. The van der Waals surface area contributed by atoms with Crippen molar-refractivity contribution in [2.24, 2.45) is 0 Å². The van der Waals surface area contributed by atoms with Crippen LogP contribution in [0.1, 0.15) is 27.2 Å². The Morgan fingerprint density at radius 1 is 1.14 bits per heavy atom. The Balaban J connectivity index is 1.67. The summed E-state index contributed by atoms with van der Waals surface area (Å²) >= 11 is 6.64. The van der Waals surface area contributed by atoms with E-state index in [0.717, 1.165) is 11.3 Å². The molecule has 37 heavy (non-hydrogen) atoms. The normalized spacial score (nSPS) is 12.5. The zero-order valence-electron chi connectivity index (χ0n) is 20.3. The number of urea groups is 1. The molecule has 3 aromatic heterocycles. The van der Waals surface area contributed by atoms with Crippen LogP contribution in [0, 0.1) is 6.92 Å². The fourth-order valence-corrected chi connectivity index (χ4v) is 4.67. The number of nitrogens with one attached hydrogen (secondary N) is 1. The third kappa shape index (κ3) is 4.36. The molecule has 0 aliphatic carbocycles. The minimum atomic E-state index is -1.35. The van der Waals surface area contributed by atoms with E-state index in [9.17, 15) is 19.5 Å². The molecular formula is C26H23ClN6O4. The van der Waals surface area contributed by atoms with E-state index in [2.05, 4.69) is 20.2 Å². The molecule has 2 amide bonds. The standard InChI is InChI=1S/C26H23ClN6O4/c1-14-7-23(30-26(37)31(2)3)29-10-22(14)33-12-17(25(35)36)24(34)16-8-18(27)21(9-20(16)33)32-11-15-5-4-6-28-19(15)13-32/h4-10,12H,11,13H2,1-3H3,(H,35,36)(H,29,30,37). The van der Waals surface area contributed by atoms with Crippen LogP contribution in [0.15, 0.2) is 53.7 Å². The van der Waals surface area contributed by atoms with Crippen LogP contribution >= 0.6 is 11.6 Å². The van der Waals surface area contributed by atoms with Gasteiger partial charge in [-0.2, -0.15) is 0 Å². The number of carbonyl (C=O) groups is 2. The van der Waals surface area contributed by atoms with E-state index in [1.807, 2.05) is 19.1 Å². The molecular weight excluding hydrogens is 496 g/mol. The number of amides is 2. The van der Waals surface area contributed by atoms with Gasteiger partial charge in [0.2, 0.25) is 5.43 Å². The van der Waals surface area contributed by atoms with Gasteiger partial charge >= 0.3 is 12.0 Å². The Labute approximate surface area is 216 Å². The summed E-state index contributed by atoms with van der Waals surface area (Å²) in [7, 11) is 3.24. The summed E-state index contributed by atoms with van der Waals surface area (Å²) in [5.74, 6) is -1.00. The van der Waals surface area contributed by atoms with Gasteiger partial charge in [-0.15, -0.1) is 0 Å². The van der Waals surface area contributed by atoms with Crippen LogP contribution in [0.2, 0.25) is 5.02 Å². The lowest BCUT2D eigenvalue weighted by Gasteiger charge is -2.22. The number of benzene rings is 1. The van der Waals surface area contributed by atoms with Gasteiger partial charge in [0.05, 0.1) is 40.3 Å². The summed E-state index contributed by atoms with van der Waals surface area (Å²) in [4.78, 5) is 49.3. The molecule has 0 unspecified atom stereocenters. The number of aryl methyl sites for hydroxylation is 1. The number of fused-ring (bicyclic) bond motifs is 2. The largest absolute Gasteiger partial charge is 0.477 e. The first-order valence-corrected chi connectivity index (χ1v) is 11.8. The van der Waals surface area contributed by atoms with Gasteiger partial charge in [0.15, 0.2) is 0 Å². The van der Waals surface area contributed by atoms with Crippen molar-refractivity contribution in [1.82, 2.24) is 19.4 Å². The van der Waals surface area contributed by atoms with Crippen molar-refractivity contribution < 1.29 is 14.7 Å². The molecule has 11 heteroatoms. The van der Waals surface area contributed by atoms with Crippen molar-refractivity contribution in [3.63, 3.8) is 0 Å². The van der Waals surface area contributed by atoms with E-state index in [1.165, 1.54) is 23.4 Å². The van der Waals surface area contributed by atoms with Gasteiger partial charge in [-0.1, -0.05) is 17.7 Å². The summed E-state index contributed by atoms with van der Waals surface area (Å²) in [6.07, 6.45) is 4.57. The minimum Gasteiger partial charge on any atom is -0.477 e. The van der Waals surface area contributed by atoms with E-state index < -0.39 is 17.0 Å². The average molecular weight is 519 g/mol. The number of carbonyl (C=O) groups excluding carboxylic acids is 1. The maximum absolute atomic E-state index is 13.1. The summed E-state index contributed by atoms with van der Waals surface area (Å²) < 4.78 is 1.63. The van der Waals surface area contributed by atoms with Crippen molar-refractivity contribution in [3.05, 3.63) is 86.6 Å². The number of rotatable bonds is 4. The fourth-order valence-electron chi connectivity index (χ4n) is 4.39. The van der Waals surface area contributed by atoms with Crippen LogP contribution in [-0.4, -0.2) is 50.6 Å². The van der Waals surface area contributed by atoms with Gasteiger partial charge in [0.1, 0.15) is 11.4 Å². The van der Waals surface area contributed by atoms with E-state index in [4.69, 9.17) is 11.6 Å². The van der Waals surface area contributed by atoms with Gasteiger partial charge in [-0.05, 0) is 42.3 Å². The van der Waals surface area contributed by atoms with Crippen molar-refractivity contribution in [2.45, 2.75) is 20.0 Å². The smallest absolute Gasteiger partial charge is 0.341 e. The van der Waals surface area contributed by atoms with Crippen molar-refractivity contribution in [2.75, 3.05) is 24.3 Å². The fraction of sp³-hybridized carbons (Fsp3) is 0.192. The van der Waals surface area contributed by atoms with E-state index in [-0.39, 0.29) is 11.4 Å². The molecule has 2 N–H and O–H groups in total. The van der Waals surface area contributed by atoms with Crippen LogP contribution < -0.4 is 15.6 Å². The molecule has 1 aliphatic rings. The first-order chi connectivity index (χ1) is 17.6. The molecule has 0 fully saturated rings. The highest BCUT2D eigenvalue weighted by molar-refractivity contribution is 6.34. The molecule has 0 atom stereocenters. The predicted octanol–water partition coefficient (Wildman–Crippen LogP) is 4.05. The summed E-state index contributed by atoms with van der Waals surface area (Å²) in [5.41, 5.74) is 3.46. The molecule has 0 saturated carbocycles. The lowest BCUT2D eigenvalue weighted by Crippen LogP contribution is -2.27. The van der Waals surface area contributed by atoms with Crippen LogP contribution in [0.5, 0.6) is 0 Å². The van der Waals surface area contributed by atoms with Crippen LogP contribution in [0.25, 0.3) is 16.6 Å². The number of anilines is 2. The molecule has 4 aromatic rings. The second-order valence-corrected chi connectivity index (χ2v) is 9.42. The van der Waals surface area contributed by atoms with Crippen molar-refractivity contribution >= 4 is 46.0 Å². The molecule has 4 heterocycles. The topological polar surface area (TPSA) is 121 Å². The highest BCUT2D eigenvalue weighted by atomic mass is 35.5. The number of nitrogens with zero attached hydrogens (tertiary/aromatic N) is 5. The van der Waals surface area contributed by atoms with Crippen molar-refractivity contribution in [1.29, 1.82) is 0 Å². The first-order valence-electron chi connectivity index (χ1n) is 11.4. The number of pyridine rings is 3. The quantitative estimate of drug-likeness (QED) is 0.418. The van der Waals surface area contributed by atoms with Gasteiger partial charge in [-0.25, -0.2) is 14.6 Å². The van der Waals surface area contributed by atoms with Gasteiger partial charge in [0, 0.05) is 38.4 Å². The second-order valence-electron chi connectivity index (χ2n) is 9.01. The Kier molecular flexibility index (Phi) is 6.04. The maximum atomic E-state index is 13.1. The van der Waals surface area contributed by atoms with Crippen LogP contribution in [0.3, 0.4) is 0 Å². The molecule has 0 radical (unpaired) electrons. The number of hydrogen-bond acceptors (Lipinski definition) is 6. The molecule has 10 nitrogen and oxygen atoms in total. The van der Waals surface area contributed by atoms with Crippen LogP contribution in [0.4, 0.5) is 16.3 Å². The first kappa shape index (κ1) is 24.3. The lowest BCUT2D eigenvalue weighted by atomic mass is 10.1. The summed E-state index contributed by atoms with van der Waals surface area (Å²) in [5, 5.41) is 12.9. The molecule has 0 saturated heterocycles. The van der Waals surface area contributed by atoms with Crippen molar-refractivity contribution in [3.8, 4) is 5.69 Å². The Morgan fingerprint density at radius 3 is 2.59 bits per heavy atom. The predicted molar refractivity (Wildman–Crippen MR) is 141 cm³/mol. The summed E-state index contributed by atoms with van der Waals surface area (Å²) in [6, 6.07) is 8.55. The second kappa shape index (κ2) is 9.21. The third-order valence-corrected chi connectivity index (χ3v) is 6.62. The highest BCUT2D eigenvalue weighted by Gasteiger charge is 2.24. The Hall–Kier alpha value is -4.44. The van der Waals surface area contributed by atoms with E-state index in [0.29, 0.717) is 46.4 Å². The average Bonchev–Trinajstić information content (AvgIpc) is 3.28. The van der Waals surface area contributed by atoms with Gasteiger partial charge < -0.3 is 19.5 Å². The number of carboxylic acids is 1. The molecule has 0 bridgehead atoms. The molecule has 0 spiro atoms. The molecule has 188 valence electrons. The van der Waals surface area contributed by atoms with Gasteiger partial charge in [-0.3, -0.25) is 15.1 Å².